The number of carbonyl (C=O) groups is 1. The molecule has 1 aromatic rings. The third kappa shape index (κ3) is 2.85. The van der Waals surface area contributed by atoms with Gasteiger partial charge in [-0.2, -0.15) is 0 Å². The van der Waals surface area contributed by atoms with E-state index in [2.05, 4.69) is 10.3 Å². The van der Waals surface area contributed by atoms with Gasteiger partial charge in [0.2, 0.25) is 5.91 Å². The van der Waals surface area contributed by atoms with Crippen LogP contribution in [0.1, 0.15) is 24.3 Å². The summed E-state index contributed by atoms with van der Waals surface area (Å²) in [4.78, 5) is 18.2. The van der Waals surface area contributed by atoms with Crippen molar-refractivity contribution < 1.29 is 9.21 Å². The summed E-state index contributed by atoms with van der Waals surface area (Å²) in [5, 5.41) is 3.23. The van der Waals surface area contributed by atoms with Crippen molar-refractivity contribution >= 4 is 5.91 Å². The zero-order valence-corrected chi connectivity index (χ0v) is 10.5. The number of nitrogens with one attached hydrogen (secondary N) is 1. The van der Waals surface area contributed by atoms with Crippen molar-refractivity contribution in [2.75, 3.05) is 26.2 Å². The molecule has 0 aliphatic carbocycles. The van der Waals surface area contributed by atoms with Gasteiger partial charge in [-0.25, -0.2) is 4.98 Å². The third-order valence-electron chi connectivity index (χ3n) is 3.02. The average molecular weight is 237 g/mol. The summed E-state index contributed by atoms with van der Waals surface area (Å²) < 4.78 is 5.55. The molecule has 0 radical (unpaired) electrons. The summed E-state index contributed by atoms with van der Waals surface area (Å²) in [6.45, 7) is 7.21. The van der Waals surface area contributed by atoms with Gasteiger partial charge in [0.1, 0.15) is 5.76 Å². The second-order valence-corrected chi connectivity index (χ2v) is 4.28. The van der Waals surface area contributed by atoms with Gasteiger partial charge < -0.3 is 14.6 Å². The Labute approximate surface area is 101 Å². The molecular formula is C12H19N3O2. The van der Waals surface area contributed by atoms with Crippen LogP contribution in [-0.2, 0) is 17.6 Å². The molecule has 94 valence electrons. The molecule has 17 heavy (non-hydrogen) atoms. The second kappa shape index (κ2) is 5.31. The summed E-state index contributed by atoms with van der Waals surface area (Å²) in [6.07, 6.45) is 1.10. The van der Waals surface area contributed by atoms with E-state index in [9.17, 15) is 4.79 Å². The molecule has 5 heteroatoms. The highest BCUT2D eigenvalue weighted by Gasteiger charge is 2.19. The van der Waals surface area contributed by atoms with Crippen LogP contribution in [0, 0.1) is 6.92 Å². The smallest absolute Gasteiger partial charge is 0.230 e. The SMILES string of the molecule is CCc1nc(C)c(CC(=O)N2CCNCC2)o1. The molecule has 0 atom stereocenters. The van der Waals surface area contributed by atoms with Gasteiger partial charge in [-0.05, 0) is 6.92 Å². The summed E-state index contributed by atoms with van der Waals surface area (Å²) in [5.41, 5.74) is 0.838. The highest BCUT2D eigenvalue weighted by molar-refractivity contribution is 5.78. The first-order valence-electron chi connectivity index (χ1n) is 6.14. The maximum atomic E-state index is 12.0. The molecule has 5 nitrogen and oxygen atoms in total. The predicted octanol–water partition coefficient (Wildman–Crippen LogP) is 0.520. The molecule has 1 aliphatic heterocycles. The lowest BCUT2D eigenvalue weighted by Gasteiger charge is -2.27. The van der Waals surface area contributed by atoms with Crippen molar-refractivity contribution in [3.8, 4) is 0 Å². The van der Waals surface area contributed by atoms with Crippen LogP contribution in [0.3, 0.4) is 0 Å². The molecule has 0 saturated carbocycles. The second-order valence-electron chi connectivity index (χ2n) is 4.28. The maximum absolute atomic E-state index is 12.0. The lowest BCUT2D eigenvalue weighted by atomic mass is 10.2. The fourth-order valence-electron chi connectivity index (χ4n) is 1.97. The monoisotopic (exact) mass is 237 g/mol. The van der Waals surface area contributed by atoms with E-state index in [0.29, 0.717) is 18.1 Å². The summed E-state index contributed by atoms with van der Waals surface area (Å²) in [6, 6.07) is 0. The highest BCUT2D eigenvalue weighted by Crippen LogP contribution is 2.12. The van der Waals surface area contributed by atoms with Gasteiger partial charge in [0.05, 0.1) is 12.1 Å². The van der Waals surface area contributed by atoms with E-state index in [1.54, 1.807) is 0 Å². The molecule has 1 aliphatic rings. The average Bonchev–Trinajstić information content (AvgIpc) is 2.71. The summed E-state index contributed by atoms with van der Waals surface area (Å²) >= 11 is 0. The van der Waals surface area contributed by atoms with Crippen LogP contribution in [-0.4, -0.2) is 42.0 Å². The number of aryl methyl sites for hydroxylation is 2. The number of hydrogen-bond donors (Lipinski definition) is 1. The first-order valence-corrected chi connectivity index (χ1v) is 6.14. The van der Waals surface area contributed by atoms with Gasteiger partial charge in [-0.1, -0.05) is 6.92 Å². The van der Waals surface area contributed by atoms with Crippen LogP contribution in [0.2, 0.25) is 0 Å². The van der Waals surface area contributed by atoms with Crippen molar-refractivity contribution in [3.05, 3.63) is 17.3 Å². The highest BCUT2D eigenvalue weighted by atomic mass is 16.4. The maximum Gasteiger partial charge on any atom is 0.230 e. The number of rotatable bonds is 3. The van der Waals surface area contributed by atoms with Crippen LogP contribution < -0.4 is 5.32 Å². The number of hydrogen-bond acceptors (Lipinski definition) is 4. The molecule has 2 rings (SSSR count). The molecule has 0 unspecified atom stereocenters. The Hall–Kier alpha value is -1.36. The fourth-order valence-corrected chi connectivity index (χ4v) is 1.97. The molecule has 1 N–H and O–H groups in total. The van der Waals surface area contributed by atoms with Crippen molar-refractivity contribution in [1.82, 2.24) is 15.2 Å². The van der Waals surface area contributed by atoms with E-state index in [-0.39, 0.29) is 5.91 Å². The lowest BCUT2D eigenvalue weighted by molar-refractivity contribution is -0.131. The molecule has 2 heterocycles. The molecule has 0 spiro atoms. The molecule has 1 amide bonds. The minimum absolute atomic E-state index is 0.133. The number of nitrogens with zero attached hydrogens (tertiary/aromatic N) is 2. The first-order chi connectivity index (χ1) is 8.20. The number of amides is 1. The van der Waals surface area contributed by atoms with Crippen LogP contribution in [0.15, 0.2) is 4.42 Å². The molecule has 1 fully saturated rings. The number of oxazole rings is 1. The van der Waals surface area contributed by atoms with Gasteiger partial charge in [-0.15, -0.1) is 0 Å². The largest absolute Gasteiger partial charge is 0.445 e. The molecule has 0 bridgehead atoms. The van der Waals surface area contributed by atoms with Crippen LogP contribution in [0.5, 0.6) is 0 Å². The van der Waals surface area contributed by atoms with Crippen molar-refractivity contribution in [3.63, 3.8) is 0 Å². The summed E-state index contributed by atoms with van der Waals surface area (Å²) in [5.74, 6) is 1.56. The van der Waals surface area contributed by atoms with Gasteiger partial charge >= 0.3 is 0 Å². The zero-order valence-electron chi connectivity index (χ0n) is 10.5. The minimum atomic E-state index is 0.133. The van der Waals surface area contributed by atoms with E-state index in [1.165, 1.54) is 0 Å². The molecule has 1 saturated heterocycles. The Morgan fingerprint density at radius 1 is 1.47 bits per heavy atom. The predicted molar refractivity (Wildman–Crippen MR) is 63.8 cm³/mol. The van der Waals surface area contributed by atoms with Gasteiger partial charge in [0.25, 0.3) is 0 Å². The Morgan fingerprint density at radius 2 is 2.18 bits per heavy atom. The topological polar surface area (TPSA) is 58.4 Å². The fraction of sp³-hybridized carbons (Fsp3) is 0.667. The minimum Gasteiger partial charge on any atom is -0.445 e. The Balaban J connectivity index is 1.99. The number of aromatic nitrogens is 1. The van der Waals surface area contributed by atoms with Gasteiger partial charge in [-0.3, -0.25) is 4.79 Å². The van der Waals surface area contributed by atoms with Crippen LogP contribution >= 0.6 is 0 Å². The Morgan fingerprint density at radius 3 is 2.76 bits per heavy atom. The van der Waals surface area contributed by atoms with E-state index >= 15 is 0 Å². The lowest BCUT2D eigenvalue weighted by Crippen LogP contribution is -2.46. The van der Waals surface area contributed by atoms with E-state index in [4.69, 9.17) is 4.42 Å². The number of carbonyl (C=O) groups excluding carboxylic acids is 1. The normalized spacial score (nSPS) is 16.2. The number of piperazine rings is 1. The van der Waals surface area contributed by atoms with Crippen LogP contribution in [0.25, 0.3) is 0 Å². The summed E-state index contributed by atoms with van der Waals surface area (Å²) in [7, 11) is 0. The van der Waals surface area contributed by atoms with Crippen molar-refractivity contribution in [2.45, 2.75) is 26.7 Å². The van der Waals surface area contributed by atoms with Crippen molar-refractivity contribution in [1.29, 1.82) is 0 Å². The zero-order chi connectivity index (χ0) is 12.3. The van der Waals surface area contributed by atoms with Gasteiger partial charge in [0, 0.05) is 32.6 Å². The Kier molecular flexibility index (Phi) is 3.78. The van der Waals surface area contributed by atoms with E-state index in [0.717, 1.165) is 38.3 Å². The van der Waals surface area contributed by atoms with Gasteiger partial charge in [0.15, 0.2) is 5.89 Å². The van der Waals surface area contributed by atoms with E-state index < -0.39 is 0 Å². The van der Waals surface area contributed by atoms with Crippen molar-refractivity contribution in [2.24, 2.45) is 0 Å². The Bertz CT molecular complexity index is 394. The molecule has 1 aromatic heterocycles. The quantitative estimate of drug-likeness (QED) is 0.832. The molecular weight excluding hydrogens is 218 g/mol. The molecule has 0 aromatic carbocycles. The first kappa shape index (κ1) is 12.1. The standard InChI is InChI=1S/C12H19N3O2/c1-3-11-14-9(2)10(17-11)8-12(16)15-6-4-13-5-7-15/h13H,3-8H2,1-2H3. The third-order valence-corrected chi connectivity index (χ3v) is 3.02. The van der Waals surface area contributed by atoms with Crippen LogP contribution in [0.4, 0.5) is 0 Å². The van der Waals surface area contributed by atoms with E-state index in [1.807, 2.05) is 18.7 Å².